The Hall–Kier alpha value is -0.650. The first-order valence-corrected chi connectivity index (χ1v) is 8.00. The SMILES string of the molecule is O=C(NCCCOCC1CCOCC1)C1CCCNC1. The molecule has 0 saturated carbocycles. The zero-order valence-electron chi connectivity index (χ0n) is 12.4. The van der Waals surface area contributed by atoms with Gasteiger partial charge in [-0.15, -0.1) is 0 Å². The van der Waals surface area contributed by atoms with Gasteiger partial charge in [0.25, 0.3) is 0 Å². The molecule has 5 nitrogen and oxygen atoms in total. The molecule has 0 aliphatic carbocycles. The third-order valence-electron chi connectivity index (χ3n) is 4.13. The predicted octanol–water partition coefficient (Wildman–Crippen LogP) is 0.935. The molecule has 0 aromatic rings. The average Bonchev–Trinajstić information content (AvgIpc) is 2.52. The Kier molecular flexibility index (Phi) is 7.33. The Morgan fingerprint density at radius 3 is 2.90 bits per heavy atom. The summed E-state index contributed by atoms with van der Waals surface area (Å²) in [5, 5.41) is 6.28. The van der Waals surface area contributed by atoms with Gasteiger partial charge in [0.1, 0.15) is 0 Å². The first kappa shape index (κ1) is 15.7. The maximum Gasteiger partial charge on any atom is 0.224 e. The van der Waals surface area contributed by atoms with Crippen molar-refractivity contribution in [3.05, 3.63) is 0 Å². The van der Waals surface area contributed by atoms with E-state index in [9.17, 15) is 4.79 Å². The molecule has 116 valence electrons. The largest absolute Gasteiger partial charge is 0.381 e. The second-order valence-corrected chi connectivity index (χ2v) is 5.82. The predicted molar refractivity (Wildman–Crippen MR) is 77.6 cm³/mol. The number of nitrogens with one attached hydrogen (secondary N) is 2. The lowest BCUT2D eigenvalue weighted by Gasteiger charge is -2.22. The van der Waals surface area contributed by atoms with Crippen molar-refractivity contribution in [1.82, 2.24) is 10.6 Å². The second kappa shape index (κ2) is 9.32. The van der Waals surface area contributed by atoms with E-state index in [-0.39, 0.29) is 11.8 Å². The maximum absolute atomic E-state index is 11.9. The van der Waals surface area contributed by atoms with Crippen molar-refractivity contribution in [3.8, 4) is 0 Å². The molecule has 0 spiro atoms. The van der Waals surface area contributed by atoms with Crippen LogP contribution in [0.3, 0.4) is 0 Å². The van der Waals surface area contributed by atoms with E-state index < -0.39 is 0 Å². The van der Waals surface area contributed by atoms with Gasteiger partial charge in [0.15, 0.2) is 0 Å². The number of carbonyl (C=O) groups excluding carboxylic acids is 1. The standard InChI is InChI=1S/C15H28N2O3/c18-15(14-3-1-6-16-11-14)17-7-2-8-20-12-13-4-9-19-10-5-13/h13-14,16H,1-12H2,(H,17,18). The minimum atomic E-state index is 0.159. The van der Waals surface area contributed by atoms with Crippen LogP contribution in [0.5, 0.6) is 0 Å². The molecular formula is C15H28N2O3. The van der Waals surface area contributed by atoms with Gasteiger partial charge in [-0.3, -0.25) is 4.79 Å². The molecule has 2 aliphatic rings. The van der Waals surface area contributed by atoms with Crippen molar-refractivity contribution >= 4 is 5.91 Å². The van der Waals surface area contributed by atoms with Crippen LogP contribution >= 0.6 is 0 Å². The minimum Gasteiger partial charge on any atom is -0.381 e. The molecule has 1 amide bonds. The van der Waals surface area contributed by atoms with Gasteiger partial charge in [-0.1, -0.05) is 0 Å². The monoisotopic (exact) mass is 284 g/mol. The normalized spacial score (nSPS) is 24.5. The highest BCUT2D eigenvalue weighted by atomic mass is 16.5. The lowest BCUT2D eigenvalue weighted by atomic mass is 9.99. The highest BCUT2D eigenvalue weighted by Gasteiger charge is 2.20. The fourth-order valence-corrected chi connectivity index (χ4v) is 2.77. The zero-order valence-corrected chi connectivity index (χ0v) is 12.4. The van der Waals surface area contributed by atoms with Crippen LogP contribution in [0.25, 0.3) is 0 Å². The van der Waals surface area contributed by atoms with Gasteiger partial charge in [0, 0.05) is 39.5 Å². The summed E-state index contributed by atoms with van der Waals surface area (Å²) >= 11 is 0. The maximum atomic E-state index is 11.9. The average molecular weight is 284 g/mol. The highest BCUT2D eigenvalue weighted by molar-refractivity contribution is 5.78. The molecule has 2 fully saturated rings. The molecule has 0 aromatic heterocycles. The number of carbonyl (C=O) groups is 1. The third kappa shape index (κ3) is 5.77. The number of ether oxygens (including phenoxy) is 2. The molecule has 2 N–H and O–H groups in total. The molecule has 1 unspecified atom stereocenters. The summed E-state index contributed by atoms with van der Waals surface area (Å²) in [7, 11) is 0. The van der Waals surface area contributed by atoms with Crippen LogP contribution in [0.2, 0.25) is 0 Å². The number of rotatable bonds is 7. The van der Waals surface area contributed by atoms with E-state index in [0.717, 1.165) is 78.2 Å². The summed E-state index contributed by atoms with van der Waals surface area (Å²) in [4.78, 5) is 11.9. The molecule has 0 radical (unpaired) electrons. The smallest absolute Gasteiger partial charge is 0.224 e. The zero-order chi connectivity index (χ0) is 14.0. The lowest BCUT2D eigenvalue weighted by molar-refractivity contribution is -0.125. The van der Waals surface area contributed by atoms with Crippen LogP contribution in [0, 0.1) is 11.8 Å². The second-order valence-electron chi connectivity index (χ2n) is 5.82. The third-order valence-corrected chi connectivity index (χ3v) is 4.13. The van der Waals surface area contributed by atoms with Crippen LogP contribution in [-0.2, 0) is 14.3 Å². The summed E-state index contributed by atoms with van der Waals surface area (Å²) < 4.78 is 11.0. The molecule has 2 heterocycles. The summed E-state index contributed by atoms with van der Waals surface area (Å²) in [5.74, 6) is 1.01. The molecule has 0 aromatic carbocycles. The number of hydrogen-bond acceptors (Lipinski definition) is 4. The molecule has 0 bridgehead atoms. The lowest BCUT2D eigenvalue weighted by Crippen LogP contribution is -2.40. The molecule has 5 heteroatoms. The first-order valence-electron chi connectivity index (χ1n) is 8.00. The minimum absolute atomic E-state index is 0.159. The van der Waals surface area contributed by atoms with Crippen molar-refractivity contribution in [2.75, 3.05) is 46.1 Å². The van der Waals surface area contributed by atoms with Crippen LogP contribution in [0.15, 0.2) is 0 Å². The van der Waals surface area contributed by atoms with E-state index in [2.05, 4.69) is 10.6 Å². The Morgan fingerprint density at radius 1 is 1.30 bits per heavy atom. The van der Waals surface area contributed by atoms with E-state index in [1.165, 1.54) is 0 Å². The van der Waals surface area contributed by atoms with E-state index >= 15 is 0 Å². The molecule has 2 aliphatic heterocycles. The van der Waals surface area contributed by atoms with Crippen LogP contribution < -0.4 is 10.6 Å². The molecule has 1 atom stereocenters. The summed E-state index contributed by atoms with van der Waals surface area (Å²) in [6.07, 6.45) is 5.25. The number of hydrogen-bond donors (Lipinski definition) is 2. The van der Waals surface area contributed by atoms with Gasteiger partial charge in [-0.05, 0) is 44.6 Å². The summed E-state index contributed by atoms with van der Waals surface area (Å²) in [5.41, 5.74) is 0. The van der Waals surface area contributed by atoms with Gasteiger partial charge in [-0.2, -0.15) is 0 Å². The number of piperidine rings is 1. The van der Waals surface area contributed by atoms with Crippen molar-refractivity contribution in [2.24, 2.45) is 11.8 Å². The van der Waals surface area contributed by atoms with Crippen LogP contribution in [-0.4, -0.2) is 52.0 Å². The fourth-order valence-electron chi connectivity index (χ4n) is 2.77. The van der Waals surface area contributed by atoms with E-state index in [4.69, 9.17) is 9.47 Å². The first-order chi connectivity index (χ1) is 9.86. The van der Waals surface area contributed by atoms with Gasteiger partial charge < -0.3 is 20.1 Å². The van der Waals surface area contributed by atoms with Gasteiger partial charge in [-0.25, -0.2) is 0 Å². The topological polar surface area (TPSA) is 59.6 Å². The summed E-state index contributed by atoms with van der Waals surface area (Å²) in [6.45, 7) is 5.92. The highest BCUT2D eigenvalue weighted by Crippen LogP contribution is 2.14. The van der Waals surface area contributed by atoms with Crippen molar-refractivity contribution < 1.29 is 14.3 Å². The van der Waals surface area contributed by atoms with Gasteiger partial charge in [0.2, 0.25) is 5.91 Å². The Bertz CT molecular complexity index is 274. The fraction of sp³-hybridized carbons (Fsp3) is 0.933. The number of amides is 1. The molecule has 2 rings (SSSR count). The van der Waals surface area contributed by atoms with E-state index in [1.807, 2.05) is 0 Å². The Balaban J connectivity index is 1.43. The van der Waals surface area contributed by atoms with Gasteiger partial charge in [0.05, 0.1) is 5.92 Å². The van der Waals surface area contributed by atoms with Crippen molar-refractivity contribution in [2.45, 2.75) is 32.1 Å². The Labute approximate surface area is 121 Å². The van der Waals surface area contributed by atoms with Crippen LogP contribution in [0.4, 0.5) is 0 Å². The van der Waals surface area contributed by atoms with E-state index in [0.29, 0.717) is 5.92 Å². The molecular weight excluding hydrogens is 256 g/mol. The Morgan fingerprint density at radius 2 is 2.15 bits per heavy atom. The quantitative estimate of drug-likeness (QED) is 0.683. The van der Waals surface area contributed by atoms with Crippen LogP contribution in [0.1, 0.15) is 32.1 Å². The van der Waals surface area contributed by atoms with E-state index in [1.54, 1.807) is 0 Å². The van der Waals surface area contributed by atoms with Crippen molar-refractivity contribution in [1.29, 1.82) is 0 Å². The summed E-state index contributed by atoms with van der Waals surface area (Å²) in [6, 6.07) is 0. The molecule has 2 saturated heterocycles. The molecule has 20 heavy (non-hydrogen) atoms. The van der Waals surface area contributed by atoms with Crippen molar-refractivity contribution in [3.63, 3.8) is 0 Å². The van der Waals surface area contributed by atoms with Gasteiger partial charge >= 0.3 is 0 Å².